The van der Waals surface area contributed by atoms with Crippen LogP contribution in [-0.4, -0.2) is 44.6 Å². The summed E-state index contributed by atoms with van der Waals surface area (Å²) in [6.07, 6.45) is 7.19. The molecule has 2 radical (unpaired) electrons. The van der Waals surface area contributed by atoms with Crippen LogP contribution in [0.25, 0.3) is 0 Å². The van der Waals surface area contributed by atoms with Gasteiger partial charge in [-0.05, 0) is 50.5 Å². The lowest BCUT2D eigenvalue weighted by molar-refractivity contribution is 0.0904. The SMILES string of the molecule is [B]C1=CCCC=C1OCCN1CCC(C)(Oc2cccc(C)c2)C1. The van der Waals surface area contributed by atoms with Crippen molar-refractivity contribution >= 4 is 7.85 Å². The molecule has 2 aliphatic rings. The number of allylic oxidation sites excluding steroid dienone is 3. The summed E-state index contributed by atoms with van der Waals surface area (Å²) in [5.41, 5.74) is 1.87. The molecule has 3 rings (SSSR count). The van der Waals surface area contributed by atoms with E-state index in [2.05, 4.69) is 37.0 Å². The van der Waals surface area contributed by atoms with Gasteiger partial charge >= 0.3 is 0 Å². The zero-order chi connectivity index (χ0) is 17.0. The number of ether oxygens (including phenoxy) is 2. The van der Waals surface area contributed by atoms with Crippen molar-refractivity contribution in [2.24, 2.45) is 0 Å². The standard InChI is InChI=1S/C20H26BNO2/c1-16-6-5-7-17(14-16)24-20(2)10-11-22(15-20)12-13-23-19-9-4-3-8-18(19)21/h5-9,14H,3-4,10-13,15H2,1-2H3. The van der Waals surface area contributed by atoms with Gasteiger partial charge in [-0.1, -0.05) is 23.7 Å². The van der Waals surface area contributed by atoms with Gasteiger partial charge in [0.15, 0.2) is 0 Å². The first-order valence-electron chi connectivity index (χ1n) is 8.81. The Morgan fingerprint density at radius 3 is 2.88 bits per heavy atom. The molecule has 1 heterocycles. The van der Waals surface area contributed by atoms with Crippen LogP contribution < -0.4 is 4.74 Å². The van der Waals surface area contributed by atoms with Crippen molar-refractivity contribution in [3.63, 3.8) is 0 Å². The van der Waals surface area contributed by atoms with Gasteiger partial charge in [-0.25, -0.2) is 0 Å². The van der Waals surface area contributed by atoms with Crippen molar-refractivity contribution in [3.8, 4) is 5.75 Å². The number of benzene rings is 1. The number of nitrogens with zero attached hydrogens (tertiary/aromatic N) is 1. The highest BCUT2D eigenvalue weighted by atomic mass is 16.5. The summed E-state index contributed by atoms with van der Waals surface area (Å²) in [6.45, 7) is 7.82. The maximum atomic E-state index is 6.26. The van der Waals surface area contributed by atoms with Crippen LogP contribution in [0.2, 0.25) is 0 Å². The Labute approximate surface area is 146 Å². The molecule has 1 aromatic carbocycles. The first-order chi connectivity index (χ1) is 11.5. The summed E-state index contributed by atoms with van der Waals surface area (Å²) in [4.78, 5) is 2.40. The van der Waals surface area contributed by atoms with E-state index in [1.165, 1.54) is 5.56 Å². The van der Waals surface area contributed by atoms with Crippen LogP contribution in [0.1, 0.15) is 31.7 Å². The molecule has 0 N–H and O–H groups in total. The van der Waals surface area contributed by atoms with Gasteiger partial charge in [0.2, 0.25) is 0 Å². The molecule has 0 spiro atoms. The highest BCUT2D eigenvalue weighted by Crippen LogP contribution is 2.28. The zero-order valence-corrected chi connectivity index (χ0v) is 14.8. The van der Waals surface area contributed by atoms with Crippen LogP contribution in [0.5, 0.6) is 5.75 Å². The van der Waals surface area contributed by atoms with Gasteiger partial charge in [0.05, 0.1) is 0 Å². The minimum atomic E-state index is -0.128. The molecule has 0 bridgehead atoms. The fourth-order valence-corrected chi connectivity index (χ4v) is 3.36. The summed E-state index contributed by atoms with van der Waals surface area (Å²) in [7, 11) is 5.95. The molecule has 1 aliphatic carbocycles. The smallest absolute Gasteiger partial charge is 0.120 e. The van der Waals surface area contributed by atoms with E-state index in [4.69, 9.17) is 17.3 Å². The molecule has 1 fully saturated rings. The Morgan fingerprint density at radius 2 is 2.08 bits per heavy atom. The minimum absolute atomic E-state index is 0.128. The normalized spacial score (nSPS) is 24.4. The van der Waals surface area contributed by atoms with Crippen LogP contribution in [-0.2, 0) is 4.74 Å². The van der Waals surface area contributed by atoms with E-state index in [1.54, 1.807) is 0 Å². The van der Waals surface area contributed by atoms with Crippen molar-refractivity contribution in [1.29, 1.82) is 0 Å². The third-order valence-electron chi connectivity index (χ3n) is 4.68. The molecular formula is C20H26BNO2. The Bertz CT molecular complexity index is 640. The van der Waals surface area contributed by atoms with Crippen LogP contribution in [0.3, 0.4) is 0 Å². The third kappa shape index (κ3) is 4.44. The Morgan fingerprint density at radius 1 is 1.25 bits per heavy atom. The molecule has 24 heavy (non-hydrogen) atoms. The van der Waals surface area contributed by atoms with Gasteiger partial charge in [-0.15, -0.1) is 0 Å². The molecule has 1 unspecified atom stereocenters. The molecule has 1 aliphatic heterocycles. The molecule has 4 heteroatoms. The average molecular weight is 323 g/mol. The van der Waals surface area contributed by atoms with Gasteiger partial charge in [0.25, 0.3) is 0 Å². The van der Waals surface area contributed by atoms with Crippen LogP contribution in [0.4, 0.5) is 0 Å². The first-order valence-corrected chi connectivity index (χ1v) is 8.81. The number of aryl methyl sites for hydroxylation is 1. The van der Waals surface area contributed by atoms with Crippen molar-refractivity contribution in [2.75, 3.05) is 26.2 Å². The van der Waals surface area contributed by atoms with E-state index in [1.807, 2.05) is 18.2 Å². The minimum Gasteiger partial charge on any atom is -0.493 e. The highest BCUT2D eigenvalue weighted by Gasteiger charge is 2.35. The van der Waals surface area contributed by atoms with Crippen molar-refractivity contribution in [3.05, 3.63) is 53.2 Å². The second-order valence-electron chi connectivity index (χ2n) is 7.05. The van der Waals surface area contributed by atoms with E-state index in [9.17, 15) is 0 Å². The molecular weight excluding hydrogens is 297 g/mol. The monoisotopic (exact) mass is 323 g/mol. The van der Waals surface area contributed by atoms with Gasteiger partial charge in [-0.3, -0.25) is 4.90 Å². The van der Waals surface area contributed by atoms with Crippen LogP contribution >= 0.6 is 0 Å². The predicted molar refractivity (Wildman–Crippen MR) is 98.4 cm³/mol. The van der Waals surface area contributed by atoms with Crippen molar-refractivity contribution in [1.82, 2.24) is 4.90 Å². The summed E-state index contributed by atoms with van der Waals surface area (Å²) in [5, 5.41) is 0. The van der Waals surface area contributed by atoms with Gasteiger partial charge in [-0.2, -0.15) is 0 Å². The Balaban J connectivity index is 1.46. The fraction of sp³-hybridized carbons (Fsp3) is 0.500. The highest BCUT2D eigenvalue weighted by molar-refractivity contribution is 6.24. The van der Waals surface area contributed by atoms with Gasteiger partial charge in [0, 0.05) is 26.1 Å². The second-order valence-corrected chi connectivity index (χ2v) is 7.05. The topological polar surface area (TPSA) is 21.7 Å². The predicted octanol–water partition coefficient (Wildman–Crippen LogP) is 3.58. The summed E-state index contributed by atoms with van der Waals surface area (Å²) in [5.74, 6) is 1.81. The van der Waals surface area contributed by atoms with Crippen molar-refractivity contribution < 1.29 is 9.47 Å². The Hall–Kier alpha value is -1.68. The molecule has 3 nitrogen and oxygen atoms in total. The van der Waals surface area contributed by atoms with E-state index >= 15 is 0 Å². The molecule has 1 atom stereocenters. The summed E-state index contributed by atoms with van der Waals surface area (Å²) >= 11 is 0. The maximum absolute atomic E-state index is 6.26. The number of hydrogen-bond acceptors (Lipinski definition) is 3. The van der Waals surface area contributed by atoms with E-state index < -0.39 is 0 Å². The third-order valence-corrected chi connectivity index (χ3v) is 4.68. The molecule has 0 saturated carbocycles. The molecule has 126 valence electrons. The summed E-state index contributed by atoms with van der Waals surface area (Å²) in [6, 6.07) is 8.27. The Kier molecular flexibility index (Phi) is 5.35. The maximum Gasteiger partial charge on any atom is 0.120 e. The van der Waals surface area contributed by atoms with Gasteiger partial charge < -0.3 is 9.47 Å². The zero-order valence-electron chi connectivity index (χ0n) is 14.8. The second kappa shape index (κ2) is 7.48. The molecule has 1 aromatic rings. The largest absolute Gasteiger partial charge is 0.493 e. The fourth-order valence-electron chi connectivity index (χ4n) is 3.36. The lowest BCUT2D eigenvalue weighted by Gasteiger charge is -2.27. The quantitative estimate of drug-likeness (QED) is 0.747. The molecule has 0 amide bonds. The van der Waals surface area contributed by atoms with E-state index in [-0.39, 0.29) is 5.60 Å². The molecule has 0 aromatic heterocycles. The van der Waals surface area contributed by atoms with Crippen LogP contribution in [0, 0.1) is 6.92 Å². The summed E-state index contributed by atoms with van der Waals surface area (Å²) < 4.78 is 12.1. The molecule has 1 saturated heterocycles. The average Bonchev–Trinajstić information content (AvgIpc) is 2.90. The lowest BCUT2D eigenvalue weighted by Crippen LogP contribution is -2.37. The number of likely N-dealkylation sites (tertiary alicyclic amines) is 1. The van der Waals surface area contributed by atoms with Gasteiger partial charge in [0.1, 0.15) is 31.6 Å². The number of hydrogen-bond donors (Lipinski definition) is 0. The van der Waals surface area contributed by atoms with Crippen molar-refractivity contribution in [2.45, 2.75) is 38.7 Å². The van der Waals surface area contributed by atoms with E-state index in [0.29, 0.717) is 6.61 Å². The van der Waals surface area contributed by atoms with E-state index in [0.717, 1.165) is 55.9 Å². The van der Waals surface area contributed by atoms with Crippen LogP contribution in [0.15, 0.2) is 47.6 Å². The first kappa shape index (κ1) is 17.2. The lowest BCUT2D eigenvalue weighted by atomic mass is 9.89. The number of rotatable bonds is 6.